The van der Waals surface area contributed by atoms with Crippen LogP contribution < -0.4 is 5.43 Å². The fourth-order valence-corrected chi connectivity index (χ4v) is 3.47. The molecular weight excluding hydrogens is 292 g/mol. The molecule has 0 amide bonds. The maximum absolute atomic E-state index is 8.96. The zero-order chi connectivity index (χ0) is 14.9. The van der Waals surface area contributed by atoms with Gasteiger partial charge < -0.3 is 0 Å². The number of nitrogens with zero attached hydrogens (tertiary/aromatic N) is 3. The molecule has 0 saturated carbocycles. The lowest BCUT2D eigenvalue weighted by Crippen LogP contribution is -2.01. The second kappa shape index (κ2) is 5.24. The number of hydrogen-bond acceptors (Lipinski definition) is 5. The van der Waals surface area contributed by atoms with E-state index >= 15 is 0 Å². The van der Waals surface area contributed by atoms with Crippen LogP contribution in [-0.2, 0) is 12.8 Å². The summed E-state index contributed by atoms with van der Waals surface area (Å²) in [4.78, 5) is 4.51. The summed E-state index contributed by atoms with van der Waals surface area (Å²) in [5.74, 6) is 0. The Kier molecular flexibility index (Phi) is 3.10. The van der Waals surface area contributed by atoms with Gasteiger partial charge in [0.1, 0.15) is 0 Å². The number of nitriles is 1. The summed E-state index contributed by atoms with van der Waals surface area (Å²) in [6.45, 7) is 0. The second-order valence-corrected chi connectivity index (χ2v) is 6.26. The van der Waals surface area contributed by atoms with Gasteiger partial charge in [-0.3, -0.25) is 5.43 Å². The lowest BCUT2D eigenvalue weighted by atomic mass is 10.1. The first kappa shape index (κ1) is 13.0. The third kappa shape index (κ3) is 2.34. The summed E-state index contributed by atoms with van der Waals surface area (Å²) in [5, 5.41) is 14.3. The van der Waals surface area contributed by atoms with Crippen LogP contribution in [0.2, 0.25) is 0 Å². The SMILES string of the molecule is N#Cc1ccc2c(c1)C/C(=N\Nc1nc3ccccc3s1)C2. The van der Waals surface area contributed by atoms with Crippen molar-refractivity contribution in [2.45, 2.75) is 12.8 Å². The van der Waals surface area contributed by atoms with Gasteiger partial charge in [-0.15, -0.1) is 0 Å². The average molecular weight is 304 g/mol. The van der Waals surface area contributed by atoms with E-state index in [-0.39, 0.29) is 0 Å². The number of hydrazone groups is 1. The molecule has 0 aliphatic heterocycles. The van der Waals surface area contributed by atoms with Crippen molar-refractivity contribution in [2.75, 3.05) is 5.43 Å². The number of rotatable bonds is 2. The Balaban J connectivity index is 1.54. The van der Waals surface area contributed by atoms with Gasteiger partial charge in [0.2, 0.25) is 5.13 Å². The maximum Gasteiger partial charge on any atom is 0.204 e. The average Bonchev–Trinajstić information content (AvgIpc) is 3.14. The van der Waals surface area contributed by atoms with Crippen molar-refractivity contribution < 1.29 is 0 Å². The number of para-hydroxylation sites is 1. The van der Waals surface area contributed by atoms with Gasteiger partial charge >= 0.3 is 0 Å². The molecule has 1 aromatic heterocycles. The lowest BCUT2D eigenvalue weighted by molar-refractivity contribution is 1.25. The van der Waals surface area contributed by atoms with Crippen molar-refractivity contribution in [1.29, 1.82) is 5.26 Å². The Labute approximate surface area is 131 Å². The van der Waals surface area contributed by atoms with E-state index in [4.69, 9.17) is 5.26 Å². The van der Waals surface area contributed by atoms with Crippen LogP contribution in [0.25, 0.3) is 10.2 Å². The Hall–Kier alpha value is -2.71. The molecule has 4 rings (SSSR count). The second-order valence-electron chi connectivity index (χ2n) is 5.23. The normalized spacial score (nSPS) is 15.0. The highest BCUT2D eigenvalue weighted by atomic mass is 32.1. The van der Waals surface area contributed by atoms with Crippen LogP contribution in [0, 0.1) is 11.3 Å². The number of anilines is 1. The van der Waals surface area contributed by atoms with Gasteiger partial charge in [0, 0.05) is 18.6 Å². The molecule has 0 bridgehead atoms. The van der Waals surface area contributed by atoms with Gasteiger partial charge in [-0.1, -0.05) is 29.5 Å². The van der Waals surface area contributed by atoms with E-state index in [2.05, 4.69) is 27.6 Å². The van der Waals surface area contributed by atoms with Crippen LogP contribution >= 0.6 is 11.3 Å². The molecule has 0 spiro atoms. The largest absolute Gasteiger partial charge is 0.253 e. The zero-order valence-corrected chi connectivity index (χ0v) is 12.5. The molecule has 22 heavy (non-hydrogen) atoms. The summed E-state index contributed by atoms with van der Waals surface area (Å²) in [7, 11) is 0. The highest BCUT2D eigenvalue weighted by Crippen LogP contribution is 2.26. The van der Waals surface area contributed by atoms with Gasteiger partial charge in [-0.25, -0.2) is 4.98 Å². The number of benzene rings is 2. The van der Waals surface area contributed by atoms with Crippen molar-refractivity contribution in [3.05, 3.63) is 59.2 Å². The molecule has 0 radical (unpaired) electrons. The summed E-state index contributed by atoms with van der Waals surface area (Å²) >= 11 is 1.60. The molecule has 0 atom stereocenters. The molecule has 1 heterocycles. The molecule has 1 aliphatic carbocycles. The number of fused-ring (bicyclic) bond motifs is 2. The topological polar surface area (TPSA) is 61.1 Å². The maximum atomic E-state index is 8.96. The van der Waals surface area contributed by atoms with Crippen molar-refractivity contribution in [2.24, 2.45) is 5.10 Å². The van der Waals surface area contributed by atoms with Gasteiger partial charge in [0.15, 0.2) is 0 Å². The minimum absolute atomic E-state index is 0.708. The molecule has 106 valence electrons. The van der Waals surface area contributed by atoms with E-state index < -0.39 is 0 Å². The first-order chi connectivity index (χ1) is 10.8. The van der Waals surface area contributed by atoms with Crippen molar-refractivity contribution >= 4 is 32.4 Å². The van der Waals surface area contributed by atoms with Crippen LogP contribution in [-0.4, -0.2) is 10.7 Å². The van der Waals surface area contributed by atoms with E-state index in [1.54, 1.807) is 11.3 Å². The molecule has 0 fully saturated rings. The molecular formula is C17H12N4S. The fraction of sp³-hybridized carbons (Fsp3) is 0.118. The van der Waals surface area contributed by atoms with Crippen molar-refractivity contribution in [3.63, 3.8) is 0 Å². The first-order valence-corrected chi connectivity index (χ1v) is 7.82. The Bertz CT molecular complexity index is 900. The van der Waals surface area contributed by atoms with Gasteiger partial charge in [-0.2, -0.15) is 10.4 Å². The number of nitrogens with one attached hydrogen (secondary N) is 1. The first-order valence-electron chi connectivity index (χ1n) is 7.01. The fourth-order valence-electron chi connectivity index (χ4n) is 2.66. The molecule has 4 nitrogen and oxygen atoms in total. The summed E-state index contributed by atoms with van der Waals surface area (Å²) in [5.41, 5.74) is 8.29. The third-order valence-electron chi connectivity index (χ3n) is 3.73. The highest BCUT2D eigenvalue weighted by molar-refractivity contribution is 7.22. The summed E-state index contributed by atoms with van der Waals surface area (Å²) in [6.07, 6.45) is 1.63. The van der Waals surface area contributed by atoms with E-state index in [0.717, 1.165) is 33.9 Å². The molecule has 0 saturated heterocycles. The van der Waals surface area contributed by atoms with Crippen LogP contribution in [0.1, 0.15) is 16.7 Å². The molecule has 3 aromatic rings. The number of aromatic nitrogens is 1. The molecule has 2 aromatic carbocycles. The van der Waals surface area contributed by atoms with E-state index in [1.807, 2.05) is 36.4 Å². The lowest BCUT2D eigenvalue weighted by Gasteiger charge is -1.96. The van der Waals surface area contributed by atoms with Crippen LogP contribution in [0.4, 0.5) is 5.13 Å². The minimum atomic E-state index is 0.708. The van der Waals surface area contributed by atoms with Gasteiger partial charge in [-0.05, 0) is 35.4 Å². The Morgan fingerprint density at radius 1 is 1.14 bits per heavy atom. The predicted molar refractivity (Wildman–Crippen MR) is 89.2 cm³/mol. The highest BCUT2D eigenvalue weighted by Gasteiger charge is 2.17. The van der Waals surface area contributed by atoms with Crippen LogP contribution in [0.5, 0.6) is 0 Å². The van der Waals surface area contributed by atoms with Crippen molar-refractivity contribution in [3.8, 4) is 6.07 Å². The predicted octanol–water partition coefficient (Wildman–Crippen LogP) is 3.73. The Morgan fingerprint density at radius 2 is 2.00 bits per heavy atom. The van der Waals surface area contributed by atoms with E-state index in [1.165, 1.54) is 11.1 Å². The van der Waals surface area contributed by atoms with Crippen LogP contribution in [0.3, 0.4) is 0 Å². The smallest absolute Gasteiger partial charge is 0.204 e. The number of thiazole rings is 1. The summed E-state index contributed by atoms with van der Waals surface area (Å²) < 4.78 is 1.15. The quantitative estimate of drug-likeness (QED) is 0.734. The monoisotopic (exact) mass is 304 g/mol. The molecule has 5 heteroatoms. The molecule has 1 aliphatic rings. The molecule has 0 unspecified atom stereocenters. The zero-order valence-electron chi connectivity index (χ0n) is 11.7. The number of hydrogen-bond donors (Lipinski definition) is 1. The van der Waals surface area contributed by atoms with E-state index in [0.29, 0.717) is 5.56 Å². The Morgan fingerprint density at radius 3 is 2.86 bits per heavy atom. The van der Waals surface area contributed by atoms with Crippen LogP contribution in [0.15, 0.2) is 47.6 Å². The van der Waals surface area contributed by atoms with Crippen molar-refractivity contribution in [1.82, 2.24) is 4.98 Å². The standard InChI is InChI=1S/C17H12N4S/c18-10-11-5-6-12-8-14(9-13(12)7-11)20-21-17-19-15-3-1-2-4-16(15)22-17/h1-7H,8-9H2,(H,19,21)/b20-14-. The minimum Gasteiger partial charge on any atom is -0.253 e. The summed E-state index contributed by atoms with van der Waals surface area (Å²) in [6, 6.07) is 16.1. The van der Waals surface area contributed by atoms with Gasteiger partial charge in [0.05, 0.1) is 21.8 Å². The van der Waals surface area contributed by atoms with E-state index in [9.17, 15) is 0 Å². The third-order valence-corrected chi connectivity index (χ3v) is 4.67. The molecule has 1 N–H and O–H groups in total. The van der Waals surface area contributed by atoms with Gasteiger partial charge in [0.25, 0.3) is 0 Å².